The van der Waals surface area contributed by atoms with Crippen molar-refractivity contribution in [2.45, 2.75) is 5.92 Å². The zero-order valence-electron chi connectivity index (χ0n) is 11.2. The molecule has 0 amide bonds. The summed E-state index contributed by atoms with van der Waals surface area (Å²) in [6.07, 6.45) is 1.51. The highest BCUT2D eigenvalue weighted by atomic mass is 35.5. The van der Waals surface area contributed by atoms with Gasteiger partial charge in [-0.25, -0.2) is 0 Å². The third-order valence-corrected chi connectivity index (χ3v) is 3.61. The molecule has 104 valence electrons. The molecule has 0 saturated heterocycles. The number of Topliss-reactive ketones (excluding diaryl/α,β-unsaturated/α-hetero) is 1. The molecule has 0 saturated carbocycles. The standard InChI is InChI=1S/C18H13ClO2/c19-15-10-8-14(9-11-15)17(13-5-2-1-3-6-13)18(20)16-7-4-12-21-16/h1-12,17H/t17-/m1/s1. The highest BCUT2D eigenvalue weighted by molar-refractivity contribution is 6.30. The van der Waals surface area contributed by atoms with E-state index in [1.54, 1.807) is 24.3 Å². The summed E-state index contributed by atoms with van der Waals surface area (Å²) in [5.41, 5.74) is 1.83. The maximum absolute atomic E-state index is 12.8. The molecule has 0 aliphatic carbocycles. The van der Waals surface area contributed by atoms with Gasteiger partial charge in [0.1, 0.15) is 0 Å². The van der Waals surface area contributed by atoms with Crippen molar-refractivity contribution in [1.29, 1.82) is 0 Å². The van der Waals surface area contributed by atoms with Crippen molar-refractivity contribution in [3.8, 4) is 0 Å². The van der Waals surface area contributed by atoms with Crippen LogP contribution in [0.2, 0.25) is 5.02 Å². The van der Waals surface area contributed by atoms with Gasteiger partial charge in [0.2, 0.25) is 5.78 Å². The van der Waals surface area contributed by atoms with Crippen LogP contribution in [0, 0.1) is 0 Å². The lowest BCUT2D eigenvalue weighted by atomic mass is 9.87. The molecule has 2 nitrogen and oxygen atoms in total. The van der Waals surface area contributed by atoms with Crippen molar-refractivity contribution in [2.24, 2.45) is 0 Å². The molecule has 1 aromatic heterocycles. The van der Waals surface area contributed by atoms with Crippen molar-refractivity contribution in [3.05, 3.63) is 94.9 Å². The Labute approximate surface area is 128 Å². The number of furan rings is 1. The van der Waals surface area contributed by atoms with Crippen LogP contribution in [-0.4, -0.2) is 5.78 Å². The lowest BCUT2D eigenvalue weighted by Crippen LogP contribution is -2.13. The van der Waals surface area contributed by atoms with Gasteiger partial charge in [-0.15, -0.1) is 0 Å². The van der Waals surface area contributed by atoms with Crippen LogP contribution in [0.4, 0.5) is 0 Å². The zero-order valence-corrected chi connectivity index (χ0v) is 12.0. The van der Waals surface area contributed by atoms with E-state index in [-0.39, 0.29) is 5.78 Å². The Balaban J connectivity index is 2.07. The predicted octanol–water partition coefficient (Wildman–Crippen LogP) is 4.95. The Bertz CT molecular complexity index is 716. The van der Waals surface area contributed by atoms with Gasteiger partial charge in [0.25, 0.3) is 0 Å². The minimum absolute atomic E-state index is 0.0616. The Morgan fingerprint density at radius 2 is 1.52 bits per heavy atom. The summed E-state index contributed by atoms with van der Waals surface area (Å²) < 4.78 is 5.27. The minimum atomic E-state index is -0.394. The number of ketones is 1. The van der Waals surface area contributed by atoms with Gasteiger partial charge in [-0.1, -0.05) is 54.1 Å². The number of halogens is 1. The van der Waals surface area contributed by atoms with E-state index < -0.39 is 5.92 Å². The molecule has 0 spiro atoms. The number of carbonyl (C=O) groups is 1. The first-order chi connectivity index (χ1) is 10.3. The van der Waals surface area contributed by atoms with Crippen molar-refractivity contribution >= 4 is 17.4 Å². The average molecular weight is 297 g/mol. The van der Waals surface area contributed by atoms with Gasteiger partial charge in [-0.2, -0.15) is 0 Å². The zero-order chi connectivity index (χ0) is 14.7. The fraction of sp³-hybridized carbons (Fsp3) is 0.0556. The van der Waals surface area contributed by atoms with Crippen LogP contribution < -0.4 is 0 Å². The van der Waals surface area contributed by atoms with Gasteiger partial charge >= 0.3 is 0 Å². The number of hydrogen-bond acceptors (Lipinski definition) is 2. The largest absolute Gasteiger partial charge is 0.461 e. The predicted molar refractivity (Wildman–Crippen MR) is 82.8 cm³/mol. The Hall–Kier alpha value is -2.32. The Kier molecular flexibility index (Phi) is 3.89. The molecule has 0 aliphatic heterocycles. The first-order valence-corrected chi connectivity index (χ1v) is 7.01. The van der Waals surface area contributed by atoms with E-state index in [2.05, 4.69) is 0 Å². The number of rotatable bonds is 4. The van der Waals surface area contributed by atoms with Crippen LogP contribution in [-0.2, 0) is 0 Å². The van der Waals surface area contributed by atoms with E-state index in [9.17, 15) is 4.79 Å². The van der Waals surface area contributed by atoms with Crippen molar-refractivity contribution in [1.82, 2.24) is 0 Å². The van der Waals surface area contributed by atoms with E-state index in [1.165, 1.54) is 6.26 Å². The smallest absolute Gasteiger partial charge is 0.209 e. The summed E-state index contributed by atoms with van der Waals surface area (Å²) in [5.74, 6) is -0.0954. The summed E-state index contributed by atoms with van der Waals surface area (Å²) in [6, 6.07) is 20.4. The number of carbonyl (C=O) groups excluding carboxylic acids is 1. The Morgan fingerprint density at radius 1 is 0.857 bits per heavy atom. The van der Waals surface area contributed by atoms with Crippen molar-refractivity contribution in [2.75, 3.05) is 0 Å². The molecule has 1 heterocycles. The highest BCUT2D eigenvalue weighted by Crippen LogP contribution is 2.29. The summed E-state index contributed by atoms with van der Waals surface area (Å²) in [7, 11) is 0. The molecule has 0 bridgehead atoms. The molecule has 2 aromatic carbocycles. The van der Waals surface area contributed by atoms with Crippen LogP contribution >= 0.6 is 11.6 Å². The molecule has 0 radical (unpaired) electrons. The van der Waals surface area contributed by atoms with Crippen LogP contribution in [0.15, 0.2) is 77.4 Å². The second-order valence-corrected chi connectivity index (χ2v) is 5.17. The maximum atomic E-state index is 12.8. The minimum Gasteiger partial charge on any atom is -0.461 e. The summed E-state index contributed by atoms with van der Waals surface area (Å²) in [6.45, 7) is 0. The summed E-state index contributed by atoms with van der Waals surface area (Å²) in [4.78, 5) is 12.8. The molecule has 3 rings (SSSR count). The molecule has 3 aromatic rings. The van der Waals surface area contributed by atoms with Crippen molar-refractivity contribution < 1.29 is 9.21 Å². The molecular formula is C18H13ClO2. The lowest BCUT2D eigenvalue weighted by Gasteiger charge is -2.15. The first kappa shape index (κ1) is 13.7. The molecule has 0 N–H and O–H groups in total. The third-order valence-electron chi connectivity index (χ3n) is 3.36. The summed E-state index contributed by atoms with van der Waals surface area (Å²) in [5, 5.41) is 0.649. The maximum Gasteiger partial charge on any atom is 0.209 e. The molecule has 3 heteroatoms. The summed E-state index contributed by atoms with van der Waals surface area (Å²) >= 11 is 5.94. The fourth-order valence-electron chi connectivity index (χ4n) is 2.36. The molecule has 1 atom stereocenters. The van der Waals surface area contributed by atoms with Gasteiger partial charge in [-0.05, 0) is 35.4 Å². The first-order valence-electron chi connectivity index (χ1n) is 6.64. The molecular weight excluding hydrogens is 284 g/mol. The molecule has 0 fully saturated rings. The molecule has 0 unspecified atom stereocenters. The van der Waals surface area contributed by atoms with Crippen LogP contribution in [0.1, 0.15) is 27.6 Å². The van der Waals surface area contributed by atoms with Gasteiger partial charge in [0.05, 0.1) is 12.2 Å². The molecule has 21 heavy (non-hydrogen) atoms. The quantitative estimate of drug-likeness (QED) is 0.638. The van der Waals surface area contributed by atoms with Crippen molar-refractivity contribution in [3.63, 3.8) is 0 Å². The van der Waals surface area contributed by atoms with Crippen LogP contribution in [0.5, 0.6) is 0 Å². The third kappa shape index (κ3) is 2.91. The number of benzene rings is 2. The second kappa shape index (κ2) is 5.98. The lowest BCUT2D eigenvalue weighted by molar-refractivity contribution is 0.0947. The normalized spacial score (nSPS) is 12.0. The van der Waals surface area contributed by atoms with E-state index in [4.69, 9.17) is 16.0 Å². The molecule has 0 aliphatic rings. The van der Waals surface area contributed by atoms with Crippen LogP contribution in [0.3, 0.4) is 0 Å². The average Bonchev–Trinajstić information content (AvgIpc) is 3.05. The highest BCUT2D eigenvalue weighted by Gasteiger charge is 2.25. The van der Waals surface area contributed by atoms with Crippen LogP contribution in [0.25, 0.3) is 0 Å². The van der Waals surface area contributed by atoms with E-state index in [1.807, 2.05) is 42.5 Å². The monoisotopic (exact) mass is 296 g/mol. The second-order valence-electron chi connectivity index (χ2n) is 4.74. The van der Waals surface area contributed by atoms with Gasteiger partial charge in [0, 0.05) is 5.02 Å². The van der Waals surface area contributed by atoms with Gasteiger partial charge in [-0.3, -0.25) is 4.79 Å². The number of hydrogen-bond donors (Lipinski definition) is 0. The van der Waals surface area contributed by atoms with Gasteiger partial charge < -0.3 is 4.42 Å². The van der Waals surface area contributed by atoms with E-state index in [0.717, 1.165) is 11.1 Å². The van der Waals surface area contributed by atoms with E-state index in [0.29, 0.717) is 10.8 Å². The Morgan fingerprint density at radius 3 is 2.14 bits per heavy atom. The topological polar surface area (TPSA) is 30.2 Å². The SMILES string of the molecule is O=C(c1ccco1)[C@H](c1ccccc1)c1ccc(Cl)cc1. The van der Waals surface area contributed by atoms with E-state index >= 15 is 0 Å². The fourth-order valence-corrected chi connectivity index (χ4v) is 2.48. The van der Waals surface area contributed by atoms with Gasteiger partial charge in [0.15, 0.2) is 5.76 Å².